The third-order valence-electron chi connectivity index (χ3n) is 2.87. The summed E-state index contributed by atoms with van der Waals surface area (Å²) in [7, 11) is 0. The van der Waals surface area contributed by atoms with Gasteiger partial charge < -0.3 is 5.73 Å². The van der Waals surface area contributed by atoms with E-state index in [1.807, 2.05) is 0 Å². The summed E-state index contributed by atoms with van der Waals surface area (Å²) in [6.45, 7) is 0.162. The van der Waals surface area contributed by atoms with E-state index < -0.39 is 17.6 Å². The summed E-state index contributed by atoms with van der Waals surface area (Å²) in [4.78, 5) is 15.6. The molecule has 106 valence electrons. The molecule has 1 aromatic carbocycles. The number of thioether (sulfide) groups is 1. The van der Waals surface area contributed by atoms with Gasteiger partial charge in [0, 0.05) is 0 Å². The molecule has 3 nitrogen and oxygen atoms in total. The van der Waals surface area contributed by atoms with E-state index in [1.54, 1.807) is 6.26 Å². The molecule has 0 saturated heterocycles. The molecule has 0 aliphatic carbocycles. The topological polar surface area (TPSA) is 55.4 Å². The van der Waals surface area contributed by atoms with Crippen molar-refractivity contribution in [3.05, 3.63) is 41.0 Å². The quantitative estimate of drug-likeness (QED) is 0.913. The third kappa shape index (κ3) is 2.72. The summed E-state index contributed by atoms with van der Waals surface area (Å²) >= 11 is 1.25. The number of nitrogens with two attached hydrogens (primary N) is 1. The largest absolute Gasteiger partial charge is 0.416 e. The average molecular weight is 300 g/mol. The van der Waals surface area contributed by atoms with Crippen molar-refractivity contribution >= 4 is 28.3 Å². The molecule has 1 aliphatic heterocycles. The van der Waals surface area contributed by atoms with E-state index in [9.17, 15) is 18.0 Å². The molecule has 0 atom stereocenters. The Kier molecular flexibility index (Phi) is 3.89. The molecule has 0 fully saturated rings. The molecule has 1 amide bonds. The molecule has 1 aliphatic rings. The molecule has 2 rings (SSSR count). The predicted octanol–water partition coefficient (Wildman–Crippen LogP) is 2.72. The van der Waals surface area contributed by atoms with Gasteiger partial charge in [0.2, 0.25) is 0 Å². The zero-order chi connectivity index (χ0) is 14.9. The highest BCUT2D eigenvalue weighted by molar-refractivity contribution is 8.14. The summed E-state index contributed by atoms with van der Waals surface area (Å²) in [5.41, 5.74) is 5.51. The minimum Gasteiger partial charge on any atom is -0.366 e. The Labute approximate surface area is 117 Å². The molecule has 0 unspecified atom stereocenters. The lowest BCUT2D eigenvalue weighted by molar-refractivity contribution is -0.137. The fraction of sp³-hybridized carbons (Fsp3) is 0.231. The maximum Gasteiger partial charge on any atom is 0.416 e. The van der Waals surface area contributed by atoms with Gasteiger partial charge >= 0.3 is 6.18 Å². The van der Waals surface area contributed by atoms with Crippen molar-refractivity contribution in [3.63, 3.8) is 0 Å². The second-order valence-electron chi connectivity index (χ2n) is 4.12. The molecule has 0 spiro atoms. The highest BCUT2D eigenvalue weighted by Crippen LogP contribution is 2.34. The van der Waals surface area contributed by atoms with Gasteiger partial charge in [-0.05, 0) is 29.5 Å². The van der Waals surface area contributed by atoms with Crippen LogP contribution >= 0.6 is 11.8 Å². The molecule has 0 bridgehead atoms. The Bertz CT molecular complexity index is 620. The van der Waals surface area contributed by atoms with Gasteiger partial charge in [-0.25, -0.2) is 0 Å². The molecule has 1 aromatic rings. The monoisotopic (exact) mass is 300 g/mol. The highest BCUT2D eigenvalue weighted by atomic mass is 32.2. The predicted molar refractivity (Wildman–Crippen MR) is 73.4 cm³/mol. The number of halogens is 3. The number of amides is 1. The Morgan fingerprint density at radius 2 is 2.10 bits per heavy atom. The fourth-order valence-corrected chi connectivity index (χ4v) is 2.60. The normalized spacial score (nSPS) is 15.5. The van der Waals surface area contributed by atoms with E-state index in [1.165, 1.54) is 23.9 Å². The summed E-state index contributed by atoms with van der Waals surface area (Å²) in [5, 5.41) is 0.463. The van der Waals surface area contributed by atoms with Crippen molar-refractivity contribution in [3.8, 4) is 0 Å². The van der Waals surface area contributed by atoms with Gasteiger partial charge in [0.25, 0.3) is 5.91 Å². The van der Waals surface area contributed by atoms with Gasteiger partial charge in [0.1, 0.15) is 5.04 Å². The maximum atomic E-state index is 12.7. The number of carbonyl (C=O) groups excluding carboxylic acids is 1. The molecule has 1 heterocycles. The molecule has 0 radical (unpaired) electrons. The first-order valence-corrected chi connectivity index (χ1v) is 6.86. The first kappa shape index (κ1) is 14.6. The van der Waals surface area contributed by atoms with Gasteiger partial charge in [-0.15, -0.1) is 11.8 Å². The molecule has 2 N–H and O–H groups in total. The van der Waals surface area contributed by atoms with Gasteiger partial charge in [0.05, 0.1) is 17.7 Å². The third-order valence-corrected chi connectivity index (χ3v) is 3.59. The van der Waals surface area contributed by atoms with Crippen LogP contribution < -0.4 is 5.73 Å². The molecule has 20 heavy (non-hydrogen) atoms. The summed E-state index contributed by atoms with van der Waals surface area (Å²) in [5.74, 6) is -0.678. The van der Waals surface area contributed by atoms with Gasteiger partial charge in [-0.1, -0.05) is 12.1 Å². The zero-order valence-corrected chi connectivity index (χ0v) is 11.3. The van der Waals surface area contributed by atoms with Crippen LogP contribution in [-0.2, 0) is 11.0 Å². The number of hydrogen-bond acceptors (Lipinski definition) is 3. The minimum atomic E-state index is -4.43. The Balaban J connectivity index is 2.52. The average Bonchev–Trinajstić information content (AvgIpc) is 2.81. The van der Waals surface area contributed by atoms with Crippen molar-refractivity contribution in [1.29, 1.82) is 0 Å². The Morgan fingerprint density at radius 1 is 1.40 bits per heavy atom. The molecular weight excluding hydrogens is 289 g/mol. The van der Waals surface area contributed by atoms with Crippen molar-refractivity contribution in [2.24, 2.45) is 10.7 Å². The smallest absolute Gasteiger partial charge is 0.366 e. The van der Waals surface area contributed by atoms with Gasteiger partial charge in [-0.2, -0.15) is 13.2 Å². The number of primary amides is 1. The lowest BCUT2D eigenvalue weighted by Crippen LogP contribution is -2.18. The first-order chi connectivity index (χ1) is 9.34. The fourth-order valence-electron chi connectivity index (χ4n) is 1.98. The minimum absolute atomic E-state index is 0.162. The number of benzene rings is 1. The lowest BCUT2D eigenvalue weighted by atomic mass is 9.99. The van der Waals surface area contributed by atoms with Crippen molar-refractivity contribution in [2.75, 3.05) is 12.8 Å². The van der Waals surface area contributed by atoms with Crippen LogP contribution in [0.15, 0.2) is 34.8 Å². The van der Waals surface area contributed by atoms with E-state index in [0.29, 0.717) is 16.2 Å². The SMILES string of the molecule is CSC1=NCC(c2cccc(C(F)(F)F)c2)=C1C(N)=O. The lowest BCUT2D eigenvalue weighted by Gasteiger charge is -2.10. The second-order valence-corrected chi connectivity index (χ2v) is 4.92. The number of carbonyl (C=O) groups is 1. The molecular formula is C13H11F3N2OS. The highest BCUT2D eigenvalue weighted by Gasteiger charge is 2.31. The van der Waals surface area contributed by atoms with E-state index >= 15 is 0 Å². The van der Waals surface area contributed by atoms with Crippen molar-refractivity contribution in [1.82, 2.24) is 0 Å². The summed E-state index contributed by atoms with van der Waals surface area (Å²) in [6, 6.07) is 4.82. The number of rotatable bonds is 2. The van der Waals surface area contributed by atoms with Crippen LogP contribution in [0.25, 0.3) is 5.57 Å². The standard InChI is InChI=1S/C13H11F3N2OS/c1-20-12-10(11(17)19)9(6-18-12)7-3-2-4-8(5-7)13(14,15)16/h2-5H,6H2,1H3,(H2,17,19). The number of nitrogens with zero attached hydrogens (tertiary/aromatic N) is 1. The Morgan fingerprint density at radius 3 is 2.65 bits per heavy atom. The van der Waals surface area contributed by atoms with Crippen LogP contribution in [0.2, 0.25) is 0 Å². The first-order valence-electron chi connectivity index (χ1n) is 5.64. The number of hydrogen-bond donors (Lipinski definition) is 1. The van der Waals surface area contributed by atoms with Crippen LogP contribution in [0.3, 0.4) is 0 Å². The molecule has 0 aromatic heterocycles. The molecule has 0 saturated carbocycles. The van der Waals surface area contributed by atoms with E-state index in [4.69, 9.17) is 5.73 Å². The second kappa shape index (κ2) is 5.32. The van der Waals surface area contributed by atoms with Gasteiger partial charge in [0.15, 0.2) is 0 Å². The van der Waals surface area contributed by atoms with Crippen LogP contribution in [0, 0.1) is 0 Å². The summed E-state index contributed by atoms with van der Waals surface area (Å²) < 4.78 is 38.1. The number of alkyl halides is 3. The van der Waals surface area contributed by atoms with Crippen molar-refractivity contribution < 1.29 is 18.0 Å². The number of aliphatic imine (C=N–C) groups is 1. The van der Waals surface area contributed by atoms with E-state index in [0.717, 1.165) is 12.1 Å². The van der Waals surface area contributed by atoms with Crippen LogP contribution in [0.1, 0.15) is 11.1 Å². The Hall–Kier alpha value is -1.76. The summed E-state index contributed by atoms with van der Waals surface area (Å²) in [6.07, 6.45) is -2.69. The van der Waals surface area contributed by atoms with Crippen LogP contribution in [0.4, 0.5) is 13.2 Å². The van der Waals surface area contributed by atoms with E-state index in [2.05, 4.69) is 4.99 Å². The van der Waals surface area contributed by atoms with Gasteiger partial charge in [-0.3, -0.25) is 9.79 Å². The van der Waals surface area contributed by atoms with Crippen LogP contribution in [-0.4, -0.2) is 23.8 Å². The maximum absolute atomic E-state index is 12.7. The van der Waals surface area contributed by atoms with Crippen LogP contribution in [0.5, 0.6) is 0 Å². The molecule has 7 heteroatoms. The van der Waals surface area contributed by atoms with E-state index in [-0.39, 0.29) is 12.1 Å². The van der Waals surface area contributed by atoms with Crippen molar-refractivity contribution in [2.45, 2.75) is 6.18 Å². The zero-order valence-electron chi connectivity index (χ0n) is 10.5.